The molecule has 24 heavy (non-hydrogen) atoms. The van der Waals surface area contributed by atoms with Crippen LogP contribution in [-0.2, 0) is 4.74 Å². The molecule has 0 saturated carbocycles. The van der Waals surface area contributed by atoms with Gasteiger partial charge in [0.2, 0.25) is 5.78 Å². The number of ether oxygens (including phenoxy) is 1. The van der Waals surface area contributed by atoms with Crippen molar-refractivity contribution in [3.63, 3.8) is 0 Å². The Bertz CT molecular complexity index is 755. The SMILES string of the molecule is Cc1ccc(C(=O)C(C)OC(=O)c2ccc(NC(N)=S)cc2)cc1. The van der Waals surface area contributed by atoms with Crippen molar-refractivity contribution in [2.24, 2.45) is 5.73 Å². The minimum absolute atomic E-state index is 0.141. The fraction of sp³-hybridized carbons (Fsp3) is 0.167. The second-order valence-electron chi connectivity index (χ2n) is 5.34. The Balaban J connectivity index is 2.01. The van der Waals surface area contributed by atoms with Crippen LogP contribution < -0.4 is 11.1 Å². The first-order valence-corrected chi connectivity index (χ1v) is 7.76. The maximum atomic E-state index is 12.3. The van der Waals surface area contributed by atoms with Gasteiger partial charge < -0.3 is 15.8 Å². The maximum absolute atomic E-state index is 12.3. The summed E-state index contributed by atoms with van der Waals surface area (Å²) in [4.78, 5) is 24.4. The number of nitrogens with two attached hydrogens (primary N) is 1. The first-order chi connectivity index (χ1) is 11.4. The summed E-state index contributed by atoms with van der Waals surface area (Å²) in [6.45, 7) is 3.50. The van der Waals surface area contributed by atoms with Crippen molar-refractivity contribution in [2.75, 3.05) is 5.32 Å². The van der Waals surface area contributed by atoms with Gasteiger partial charge in [0.05, 0.1) is 5.56 Å². The standard InChI is InChI=1S/C18H18N2O3S/c1-11-3-5-13(6-4-11)16(21)12(2)23-17(22)14-7-9-15(10-8-14)20-18(19)24/h3-10,12H,1-2H3,(H3,19,20,24). The van der Waals surface area contributed by atoms with Crippen molar-refractivity contribution in [1.29, 1.82) is 0 Å². The first kappa shape index (κ1) is 17.6. The number of ketones is 1. The average molecular weight is 342 g/mol. The molecule has 0 heterocycles. The Kier molecular flexibility index (Phi) is 5.65. The molecular weight excluding hydrogens is 324 g/mol. The highest BCUT2D eigenvalue weighted by atomic mass is 32.1. The zero-order chi connectivity index (χ0) is 17.7. The highest BCUT2D eigenvalue weighted by Gasteiger charge is 2.20. The molecule has 1 atom stereocenters. The van der Waals surface area contributed by atoms with E-state index in [1.54, 1.807) is 43.3 Å². The number of rotatable bonds is 5. The molecule has 0 saturated heterocycles. The molecule has 0 amide bonds. The van der Waals surface area contributed by atoms with Crippen LogP contribution in [0.5, 0.6) is 0 Å². The van der Waals surface area contributed by atoms with Gasteiger partial charge in [0.25, 0.3) is 0 Å². The zero-order valence-electron chi connectivity index (χ0n) is 13.4. The second kappa shape index (κ2) is 7.70. The van der Waals surface area contributed by atoms with Crippen LogP contribution in [-0.4, -0.2) is 23.0 Å². The predicted octanol–water partition coefficient (Wildman–Crippen LogP) is 3.08. The van der Waals surface area contributed by atoms with Crippen LogP contribution in [0.1, 0.15) is 33.2 Å². The van der Waals surface area contributed by atoms with Crippen molar-refractivity contribution in [3.8, 4) is 0 Å². The lowest BCUT2D eigenvalue weighted by Crippen LogP contribution is -2.24. The van der Waals surface area contributed by atoms with Gasteiger partial charge >= 0.3 is 5.97 Å². The molecule has 0 spiro atoms. The van der Waals surface area contributed by atoms with Gasteiger partial charge in [-0.15, -0.1) is 0 Å². The Morgan fingerprint density at radius 3 is 2.12 bits per heavy atom. The van der Waals surface area contributed by atoms with Gasteiger partial charge in [-0.3, -0.25) is 4.79 Å². The molecule has 124 valence electrons. The van der Waals surface area contributed by atoms with E-state index < -0.39 is 12.1 Å². The normalized spacial score (nSPS) is 11.4. The fourth-order valence-corrected chi connectivity index (χ4v) is 2.18. The molecule has 1 unspecified atom stereocenters. The van der Waals surface area contributed by atoms with Crippen LogP contribution in [0.25, 0.3) is 0 Å². The lowest BCUT2D eigenvalue weighted by atomic mass is 10.1. The number of aryl methyl sites for hydroxylation is 1. The lowest BCUT2D eigenvalue weighted by molar-refractivity contribution is 0.0319. The van der Waals surface area contributed by atoms with Crippen molar-refractivity contribution >= 4 is 34.8 Å². The van der Waals surface area contributed by atoms with E-state index in [1.165, 1.54) is 0 Å². The summed E-state index contributed by atoms with van der Waals surface area (Å²) >= 11 is 4.74. The van der Waals surface area contributed by atoms with Crippen LogP contribution in [0.15, 0.2) is 48.5 Å². The monoisotopic (exact) mass is 342 g/mol. The van der Waals surface area contributed by atoms with E-state index >= 15 is 0 Å². The van der Waals surface area contributed by atoms with Gasteiger partial charge in [-0.25, -0.2) is 4.79 Å². The van der Waals surface area contributed by atoms with Gasteiger partial charge in [-0.05, 0) is 50.3 Å². The van der Waals surface area contributed by atoms with Crippen LogP contribution in [0.3, 0.4) is 0 Å². The molecule has 0 bridgehead atoms. The molecule has 0 aromatic heterocycles. The summed E-state index contributed by atoms with van der Waals surface area (Å²) in [6, 6.07) is 13.6. The molecule has 0 aliphatic heterocycles. The van der Waals surface area contributed by atoms with Crippen LogP contribution in [0, 0.1) is 6.92 Å². The smallest absolute Gasteiger partial charge is 0.338 e. The van der Waals surface area contributed by atoms with Crippen molar-refractivity contribution < 1.29 is 14.3 Å². The largest absolute Gasteiger partial charge is 0.451 e. The average Bonchev–Trinajstić information content (AvgIpc) is 2.55. The third-order valence-electron chi connectivity index (χ3n) is 3.38. The van der Waals surface area contributed by atoms with E-state index in [9.17, 15) is 9.59 Å². The summed E-state index contributed by atoms with van der Waals surface area (Å²) in [5, 5.41) is 2.90. The summed E-state index contributed by atoms with van der Waals surface area (Å²) in [5.41, 5.74) is 7.95. The van der Waals surface area contributed by atoms with Gasteiger partial charge in [0.1, 0.15) is 0 Å². The third-order valence-corrected chi connectivity index (χ3v) is 3.48. The molecule has 2 aromatic carbocycles. The molecule has 6 heteroatoms. The van der Waals surface area contributed by atoms with Gasteiger partial charge in [-0.2, -0.15) is 0 Å². The van der Waals surface area contributed by atoms with Crippen molar-refractivity contribution in [2.45, 2.75) is 20.0 Å². The Morgan fingerprint density at radius 2 is 1.58 bits per heavy atom. The quantitative estimate of drug-likeness (QED) is 0.494. The molecule has 3 N–H and O–H groups in total. The van der Waals surface area contributed by atoms with Crippen molar-refractivity contribution in [3.05, 3.63) is 65.2 Å². The molecule has 5 nitrogen and oxygen atoms in total. The molecule has 0 radical (unpaired) electrons. The fourth-order valence-electron chi connectivity index (χ4n) is 2.07. The Hall–Kier alpha value is -2.73. The topological polar surface area (TPSA) is 81.4 Å². The number of carbonyl (C=O) groups is 2. The van der Waals surface area contributed by atoms with E-state index in [0.717, 1.165) is 5.56 Å². The number of Topliss-reactive ketones (excluding diaryl/α,β-unsaturated/α-hetero) is 1. The predicted molar refractivity (Wildman–Crippen MR) is 97.2 cm³/mol. The van der Waals surface area contributed by atoms with E-state index in [1.807, 2.05) is 19.1 Å². The minimum Gasteiger partial charge on any atom is -0.451 e. The van der Waals surface area contributed by atoms with E-state index in [-0.39, 0.29) is 10.9 Å². The van der Waals surface area contributed by atoms with E-state index in [0.29, 0.717) is 16.8 Å². The summed E-state index contributed by atoms with van der Waals surface area (Å²) < 4.78 is 5.24. The van der Waals surface area contributed by atoms with Crippen LogP contribution >= 0.6 is 12.2 Å². The van der Waals surface area contributed by atoms with E-state index in [2.05, 4.69) is 5.32 Å². The van der Waals surface area contributed by atoms with Gasteiger partial charge in [0, 0.05) is 11.3 Å². The number of anilines is 1. The number of carbonyl (C=O) groups excluding carboxylic acids is 2. The number of esters is 1. The minimum atomic E-state index is -0.866. The molecule has 0 aliphatic carbocycles. The first-order valence-electron chi connectivity index (χ1n) is 7.35. The summed E-state index contributed by atoms with van der Waals surface area (Å²) in [7, 11) is 0. The molecule has 0 fully saturated rings. The number of benzene rings is 2. The van der Waals surface area contributed by atoms with Gasteiger partial charge in [-0.1, -0.05) is 29.8 Å². The number of hydrogen-bond donors (Lipinski definition) is 2. The molecule has 2 rings (SSSR count). The molecular formula is C18H18N2O3S. The molecule has 0 aliphatic rings. The lowest BCUT2D eigenvalue weighted by Gasteiger charge is -2.13. The summed E-state index contributed by atoms with van der Waals surface area (Å²) in [5.74, 6) is -0.806. The zero-order valence-corrected chi connectivity index (χ0v) is 14.2. The van der Waals surface area contributed by atoms with Gasteiger partial charge in [0.15, 0.2) is 11.2 Å². The second-order valence-corrected chi connectivity index (χ2v) is 5.78. The number of nitrogens with one attached hydrogen (secondary N) is 1. The third kappa shape index (κ3) is 4.63. The maximum Gasteiger partial charge on any atom is 0.338 e. The molecule has 2 aromatic rings. The number of hydrogen-bond acceptors (Lipinski definition) is 4. The Morgan fingerprint density at radius 1 is 1.04 bits per heavy atom. The highest BCUT2D eigenvalue weighted by molar-refractivity contribution is 7.80. The summed E-state index contributed by atoms with van der Waals surface area (Å²) in [6.07, 6.45) is -0.866. The highest BCUT2D eigenvalue weighted by Crippen LogP contribution is 2.13. The van der Waals surface area contributed by atoms with Crippen LogP contribution in [0.4, 0.5) is 5.69 Å². The van der Waals surface area contributed by atoms with Crippen LogP contribution in [0.2, 0.25) is 0 Å². The Labute approximate surface area is 145 Å². The van der Waals surface area contributed by atoms with Crippen molar-refractivity contribution in [1.82, 2.24) is 0 Å². The van der Waals surface area contributed by atoms with E-state index in [4.69, 9.17) is 22.7 Å². The number of thiocarbonyl (C=S) groups is 1.